The van der Waals surface area contributed by atoms with E-state index in [1.54, 1.807) is 42.6 Å². The third-order valence-electron chi connectivity index (χ3n) is 5.83. The highest BCUT2D eigenvalue weighted by molar-refractivity contribution is 6.07. The molecule has 1 aromatic heterocycles. The smallest absolute Gasteiger partial charge is 0.322 e. The van der Waals surface area contributed by atoms with Gasteiger partial charge in [0.1, 0.15) is 18.1 Å². The van der Waals surface area contributed by atoms with Crippen LogP contribution in [0.15, 0.2) is 66.9 Å². The molecule has 0 aliphatic carbocycles. The van der Waals surface area contributed by atoms with E-state index in [0.717, 1.165) is 17.5 Å². The Morgan fingerprint density at radius 3 is 2.46 bits per heavy atom. The molecule has 0 radical (unpaired) electrons. The minimum atomic E-state index is -1.29. The number of amides is 3. The van der Waals surface area contributed by atoms with Gasteiger partial charge in [-0.05, 0) is 54.6 Å². The number of aldehydes is 1. The van der Waals surface area contributed by atoms with Crippen LogP contribution in [0.4, 0.5) is 4.79 Å². The van der Waals surface area contributed by atoms with Crippen LogP contribution in [-0.2, 0) is 23.5 Å². The maximum Gasteiger partial charge on any atom is 0.322 e. The van der Waals surface area contributed by atoms with E-state index in [9.17, 15) is 14.4 Å². The number of nitrogens with zero attached hydrogens (tertiary/aromatic N) is 2. The second kappa shape index (κ2) is 10.4. The number of hydrogen-bond donors (Lipinski definition) is 2. The standard InChI is InChI=1S/C26H26N4O5/c1-30(14-18-6-9-23(34-2)13-19(18)15-31)17-26(24(32)28-25(33)29-26)20-7-10-22(11-8-20)35-16-21-5-3-4-12-27-21/h3-13,15H,14,16-17H2,1-2H3,(H2,28,29,32,33)/t26-/m0/s1. The fourth-order valence-electron chi connectivity index (χ4n) is 4.08. The first-order chi connectivity index (χ1) is 16.9. The quantitative estimate of drug-likeness (QED) is 0.343. The Morgan fingerprint density at radius 1 is 1.06 bits per heavy atom. The van der Waals surface area contributed by atoms with Crippen molar-refractivity contribution in [2.45, 2.75) is 18.7 Å². The summed E-state index contributed by atoms with van der Waals surface area (Å²) >= 11 is 0. The highest BCUT2D eigenvalue weighted by Gasteiger charge is 2.48. The predicted octanol–water partition coefficient (Wildman–Crippen LogP) is 2.65. The lowest BCUT2D eigenvalue weighted by Crippen LogP contribution is -2.51. The summed E-state index contributed by atoms with van der Waals surface area (Å²) in [7, 11) is 3.36. The van der Waals surface area contributed by atoms with E-state index >= 15 is 0 Å². The maximum absolute atomic E-state index is 13.0. The predicted molar refractivity (Wildman–Crippen MR) is 128 cm³/mol. The number of carbonyl (C=O) groups is 3. The second-order valence-corrected chi connectivity index (χ2v) is 8.30. The van der Waals surface area contributed by atoms with Crippen LogP contribution in [0.2, 0.25) is 0 Å². The van der Waals surface area contributed by atoms with Crippen molar-refractivity contribution in [1.82, 2.24) is 20.5 Å². The van der Waals surface area contributed by atoms with Crippen molar-refractivity contribution in [2.24, 2.45) is 0 Å². The molecule has 1 atom stereocenters. The average molecular weight is 475 g/mol. The first-order valence-corrected chi connectivity index (χ1v) is 11.0. The molecule has 9 nitrogen and oxygen atoms in total. The number of urea groups is 1. The zero-order valence-electron chi connectivity index (χ0n) is 19.5. The van der Waals surface area contributed by atoms with Crippen molar-refractivity contribution in [3.05, 3.63) is 89.2 Å². The minimum Gasteiger partial charge on any atom is -0.497 e. The number of methoxy groups -OCH3 is 1. The topological polar surface area (TPSA) is 110 Å². The second-order valence-electron chi connectivity index (χ2n) is 8.30. The monoisotopic (exact) mass is 474 g/mol. The zero-order valence-corrected chi connectivity index (χ0v) is 19.5. The summed E-state index contributed by atoms with van der Waals surface area (Å²) in [4.78, 5) is 42.8. The lowest BCUT2D eigenvalue weighted by Gasteiger charge is -2.31. The number of hydrogen-bond acceptors (Lipinski definition) is 7. The first kappa shape index (κ1) is 23.9. The molecule has 35 heavy (non-hydrogen) atoms. The number of benzene rings is 2. The fraction of sp³-hybridized carbons (Fsp3) is 0.231. The zero-order chi connectivity index (χ0) is 24.8. The van der Waals surface area contributed by atoms with E-state index in [1.807, 2.05) is 36.2 Å². The van der Waals surface area contributed by atoms with Gasteiger partial charge in [0.2, 0.25) is 0 Å². The first-order valence-electron chi connectivity index (χ1n) is 11.0. The minimum absolute atomic E-state index is 0.184. The molecule has 3 amide bonds. The third kappa shape index (κ3) is 5.30. The summed E-state index contributed by atoms with van der Waals surface area (Å²) in [5.74, 6) is 0.756. The lowest BCUT2D eigenvalue weighted by molar-refractivity contribution is -0.125. The van der Waals surface area contributed by atoms with Gasteiger partial charge in [0.15, 0.2) is 11.8 Å². The van der Waals surface area contributed by atoms with Crippen molar-refractivity contribution < 1.29 is 23.9 Å². The highest BCUT2D eigenvalue weighted by Crippen LogP contribution is 2.29. The van der Waals surface area contributed by atoms with Crippen LogP contribution in [0.25, 0.3) is 0 Å². The van der Waals surface area contributed by atoms with Crippen LogP contribution in [0.5, 0.6) is 11.5 Å². The lowest BCUT2D eigenvalue weighted by atomic mass is 9.89. The molecule has 2 aromatic carbocycles. The number of imide groups is 1. The molecule has 0 spiro atoms. The molecular formula is C26H26N4O5. The van der Waals surface area contributed by atoms with E-state index in [-0.39, 0.29) is 6.54 Å². The Hall–Kier alpha value is -4.24. The van der Waals surface area contributed by atoms with Gasteiger partial charge in [-0.25, -0.2) is 4.79 Å². The number of nitrogens with one attached hydrogen (secondary N) is 2. The molecular weight excluding hydrogens is 448 g/mol. The van der Waals surface area contributed by atoms with Crippen LogP contribution in [0.1, 0.15) is 27.2 Å². The Morgan fingerprint density at radius 2 is 1.83 bits per heavy atom. The summed E-state index contributed by atoms with van der Waals surface area (Å²) in [6, 6.07) is 17.3. The van der Waals surface area contributed by atoms with Gasteiger partial charge in [-0.2, -0.15) is 0 Å². The van der Waals surface area contributed by atoms with E-state index < -0.39 is 17.5 Å². The molecule has 1 fully saturated rings. The molecule has 1 saturated heterocycles. The van der Waals surface area contributed by atoms with Crippen molar-refractivity contribution in [2.75, 3.05) is 20.7 Å². The SMILES string of the molecule is COc1ccc(CN(C)C[C@@]2(c3ccc(OCc4ccccn4)cc3)NC(=O)NC2=O)c(C=O)c1. The van der Waals surface area contributed by atoms with Crippen LogP contribution < -0.4 is 20.1 Å². The largest absolute Gasteiger partial charge is 0.497 e. The van der Waals surface area contributed by atoms with Crippen molar-refractivity contribution >= 4 is 18.2 Å². The van der Waals surface area contributed by atoms with Gasteiger partial charge < -0.3 is 14.8 Å². The Kier molecular flexibility index (Phi) is 7.07. The van der Waals surface area contributed by atoms with E-state index in [1.165, 1.54) is 7.11 Å². The van der Waals surface area contributed by atoms with Gasteiger partial charge in [0, 0.05) is 24.8 Å². The van der Waals surface area contributed by atoms with E-state index in [4.69, 9.17) is 9.47 Å². The molecule has 0 bridgehead atoms. The van der Waals surface area contributed by atoms with Crippen molar-refractivity contribution in [1.29, 1.82) is 0 Å². The fourth-order valence-corrected chi connectivity index (χ4v) is 4.08. The molecule has 2 heterocycles. The third-order valence-corrected chi connectivity index (χ3v) is 5.83. The van der Waals surface area contributed by atoms with Crippen LogP contribution in [0.3, 0.4) is 0 Å². The number of aromatic nitrogens is 1. The van der Waals surface area contributed by atoms with Gasteiger partial charge in [-0.3, -0.25) is 24.8 Å². The van der Waals surface area contributed by atoms with Crippen molar-refractivity contribution in [3.8, 4) is 11.5 Å². The number of likely N-dealkylation sites (N-methyl/N-ethyl adjacent to an activating group) is 1. The summed E-state index contributed by atoms with van der Waals surface area (Å²) in [6.45, 7) is 0.878. The van der Waals surface area contributed by atoms with Gasteiger partial charge in [-0.1, -0.05) is 24.3 Å². The van der Waals surface area contributed by atoms with Crippen LogP contribution >= 0.6 is 0 Å². The Balaban J connectivity index is 1.52. The van der Waals surface area contributed by atoms with Crippen LogP contribution in [-0.4, -0.2) is 48.8 Å². The summed E-state index contributed by atoms with van der Waals surface area (Å²) in [5, 5.41) is 5.14. The molecule has 0 unspecified atom stereocenters. The number of ether oxygens (including phenoxy) is 2. The number of carbonyl (C=O) groups excluding carboxylic acids is 3. The molecule has 1 aliphatic rings. The molecule has 1 aliphatic heterocycles. The van der Waals surface area contributed by atoms with E-state index in [0.29, 0.717) is 35.8 Å². The summed E-state index contributed by atoms with van der Waals surface area (Å²) < 4.78 is 11.0. The van der Waals surface area contributed by atoms with Gasteiger partial charge in [-0.15, -0.1) is 0 Å². The average Bonchev–Trinajstić information content (AvgIpc) is 3.16. The Bertz CT molecular complexity index is 1220. The Labute approximate surface area is 203 Å². The molecule has 180 valence electrons. The molecule has 9 heteroatoms. The molecule has 2 N–H and O–H groups in total. The van der Waals surface area contributed by atoms with E-state index in [2.05, 4.69) is 15.6 Å². The number of rotatable bonds is 10. The molecule has 4 rings (SSSR count). The van der Waals surface area contributed by atoms with Gasteiger partial charge in [0.25, 0.3) is 5.91 Å². The molecule has 0 saturated carbocycles. The summed E-state index contributed by atoms with van der Waals surface area (Å²) in [6.07, 6.45) is 2.47. The van der Waals surface area contributed by atoms with Crippen molar-refractivity contribution in [3.63, 3.8) is 0 Å². The highest BCUT2D eigenvalue weighted by atomic mass is 16.5. The van der Waals surface area contributed by atoms with Gasteiger partial charge >= 0.3 is 6.03 Å². The summed E-state index contributed by atoms with van der Waals surface area (Å²) in [5.41, 5.74) is 1.40. The number of pyridine rings is 1. The van der Waals surface area contributed by atoms with Gasteiger partial charge in [0.05, 0.1) is 12.8 Å². The van der Waals surface area contributed by atoms with Crippen LogP contribution in [0, 0.1) is 0 Å². The maximum atomic E-state index is 13.0. The molecule has 3 aromatic rings. The normalized spacial score (nSPS) is 17.1.